The van der Waals surface area contributed by atoms with Crippen LogP contribution >= 0.6 is 0 Å². The zero-order valence-electron chi connectivity index (χ0n) is 9.02. The van der Waals surface area contributed by atoms with E-state index in [0.717, 1.165) is 30.0 Å². The first-order chi connectivity index (χ1) is 8.34. The van der Waals surface area contributed by atoms with E-state index in [0.29, 0.717) is 0 Å². The predicted molar refractivity (Wildman–Crippen MR) is 54.2 cm³/mol. The van der Waals surface area contributed by atoms with Gasteiger partial charge in [-0.05, 0) is 18.2 Å². The number of rotatable bonds is 2. The first-order valence-electron chi connectivity index (χ1n) is 4.72. The molecule has 18 heavy (non-hydrogen) atoms. The molecule has 0 fully saturated rings. The van der Waals surface area contributed by atoms with Crippen LogP contribution < -0.4 is 4.84 Å². The summed E-state index contributed by atoms with van der Waals surface area (Å²) in [6.45, 7) is 0. The van der Waals surface area contributed by atoms with Crippen LogP contribution in [0, 0.1) is 0 Å². The molecule has 0 amide bonds. The van der Waals surface area contributed by atoms with Crippen LogP contribution in [0.1, 0.15) is 16.2 Å². The molecule has 96 valence electrons. The first kappa shape index (κ1) is 12.2. The van der Waals surface area contributed by atoms with Crippen LogP contribution in [-0.4, -0.2) is 27.9 Å². The van der Waals surface area contributed by atoms with E-state index < -0.39 is 23.5 Å². The molecule has 0 unspecified atom stereocenters. The number of aromatic nitrogens is 2. The number of imidazole rings is 1. The molecule has 2 aromatic rings. The van der Waals surface area contributed by atoms with E-state index in [1.807, 2.05) is 0 Å². The molecule has 0 aliphatic rings. The lowest BCUT2D eigenvalue weighted by atomic mass is 10.2. The summed E-state index contributed by atoms with van der Waals surface area (Å²) in [5, 5.41) is 8.84. The number of alkyl halides is 3. The minimum absolute atomic E-state index is 0.0512. The number of nitrogens with zero attached hydrogens (tertiary/aromatic N) is 2. The van der Waals surface area contributed by atoms with Gasteiger partial charge in [-0.3, -0.25) is 0 Å². The van der Waals surface area contributed by atoms with Crippen LogP contribution in [0.2, 0.25) is 0 Å². The lowest BCUT2D eigenvalue weighted by molar-refractivity contribution is -0.137. The molecular formula is C10H7F3N2O3. The highest BCUT2D eigenvalue weighted by molar-refractivity contribution is 5.89. The molecule has 0 saturated heterocycles. The molecule has 0 bridgehead atoms. The van der Waals surface area contributed by atoms with Crippen molar-refractivity contribution in [3.63, 3.8) is 0 Å². The van der Waals surface area contributed by atoms with Crippen molar-refractivity contribution in [1.82, 2.24) is 9.71 Å². The van der Waals surface area contributed by atoms with Crippen molar-refractivity contribution in [1.29, 1.82) is 0 Å². The van der Waals surface area contributed by atoms with Gasteiger partial charge in [0.2, 0.25) is 0 Å². The standard InChI is InChI=1S/C10H7F3N2O3/c1-18-15-7-4-5(10(11,12)13)2-3-6(7)14-8(15)9(16)17/h2-4H,1H3,(H,16,17). The van der Waals surface area contributed by atoms with Gasteiger partial charge in [-0.1, -0.05) is 0 Å². The summed E-state index contributed by atoms with van der Waals surface area (Å²) in [5.41, 5.74) is -0.836. The van der Waals surface area contributed by atoms with Crippen molar-refractivity contribution in [3.05, 3.63) is 29.6 Å². The average molecular weight is 260 g/mol. The normalized spacial score (nSPS) is 11.8. The van der Waals surface area contributed by atoms with E-state index in [2.05, 4.69) is 4.98 Å². The Labute approximate surface area is 98.4 Å². The topological polar surface area (TPSA) is 64.3 Å². The summed E-state index contributed by atoms with van der Waals surface area (Å²) in [7, 11) is 1.15. The Kier molecular flexibility index (Phi) is 2.64. The Morgan fingerprint density at radius 3 is 2.61 bits per heavy atom. The van der Waals surface area contributed by atoms with Gasteiger partial charge in [0.05, 0.1) is 11.1 Å². The van der Waals surface area contributed by atoms with Gasteiger partial charge in [-0.25, -0.2) is 9.78 Å². The number of hydrogen-bond acceptors (Lipinski definition) is 3. The van der Waals surface area contributed by atoms with Gasteiger partial charge in [-0.15, -0.1) is 0 Å². The van der Waals surface area contributed by atoms with Crippen molar-refractivity contribution in [2.75, 3.05) is 7.11 Å². The van der Waals surface area contributed by atoms with Gasteiger partial charge in [-0.2, -0.15) is 17.9 Å². The molecule has 0 spiro atoms. The van der Waals surface area contributed by atoms with Gasteiger partial charge in [0.1, 0.15) is 12.6 Å². The minimum atomic E-state index is -4.51. The summed E-state index contributed by atoms with van der Waals surface area (Å²) in [6, 6.07) is 2.72. The summed E-state index contributed by atoms with van der Waals surface area (Å²) in [4.78, 5) is 19.3. The largest absolute Gasteiger partial charge is 0.475 e. The molecule has 1 aromatic heterocycles. The SMILES string of the molecule is COn1c(C(=O)O)nc2ccc(C(F)(F)F)cc21. The van der Waals surface area contributed by atoms with Crippen LogP contribution in [0.15, 0.2) is 18.2 Å². The van der Waals surface area contributed by atoms with Crippen LogP contribution in [0.4, 0.5) is 13.2 Å². The number of aromatic carboxylic acids is 1. The molecule has 1 N–H and O–H groups in total. The van der Waals surface area contributed by atoms with Gasteiger partial charge in [0.25, 0.3) is 5.82 Å². The summed E-state index contributed by atoms with van der Waals surface area (Å²) >= 11 is 0. The van der Waals surface area contributed by atoms with Gasteiger partial charge < -0.3 is 9.94 Å². The highest BCUT2D eigenvalue weighted by atomic mass is 19.4. The average Bonchev–Trinajstić information content (AvgIpc) is 2.65. The van der Waals surface area contributed by atoms with Crippen LogP contribution in [0.5, 0.6) is 0 Å². The molecule has 0 saturated carbocycles. The van der Waals surface area contributed by atoms with Crippen LogP contribution in [-0.2, 0) is 6.18 Å². The second kappa shape index (κ2) is 3.90. The Bertz CT molecular complexity index is 619. The van der Waals surface area contributed by atoms with Crippen LogP contribution in [0.3, 0.4) is 0 Å². The quantitative estimate of drug-likeness (QED) is 0.894. The van der Waals surface area contributed by atoms with E-state index in [1.165, 1.54) is 0 Å². The molecular weight excluding hydrogens is 253 g/mol. The van der Waals surface area contributed by atoms with E-state index in [4.69, 9.17) is 9.94 Å². The zero-order chi connectivity index (χ0) is 13.5. The number of fused-ring (bicyclic) bond motifs is 1. The third-order valence-corrected chi connectivity index (χ3v) is 2.31. The second-order valence-electron chi connectivity index (χ2n) is 3.42. The Balaban J connectivity index is 2.72. The number of hydrogen-bond donors (Lipinski definition) is 1. The number of benzene rings is 1. The number of carbonyl (C=O) groups is 1. The van der Waals surface area contributed by atoms with Gasteiger partial charge in [0.15, 0.2) is 0 Å². The Hall–Kier alpha value is -2.25. The molecule has 0 aliphatic heterocycles. The fraction of sp³-hybridized carbons (Fsp3) is 0.200. The number of carboxylic acids is 1. The smallest absolute Gasteiger partial charge is 0.416 e. The maximum Gasteiger partial charge on any atom is 0.416 e. The molecule has 5 nitrogen and oxygen atoms in total. The summed E-state index contributed by atoms with van der Waals surface area (Å²) < 4.78 is 38.3. The molecule has 0 aliphatic carbocycles. The summed E-state index contributed by atoms with van der Waals surface area (Å²) in [6.07, 6.45) is -4.51. The minimum Gasteiger partial charge on any atom is -0.475 e. The first-order valence-corrected chi connectivity index (χ1v) is 4.72. The van der Waals surface area contributed by atoms with Crippen molar-refractivity contribution >= 4 is 17.0 Å². The highest BCUT2D eigenvalue weighted by Crippen LogP contribution is 2.31. The third-order valence-electron chi connectivity index (χ3n) is 2.31. The molecule has 0 atom stereocenters. The van der Waals surface area contributed by atoms with Gasteiger partial charge in [0, 0.05) is 0 Å². The van der Waals surface area contributed by atoms with Crippen LogP contribution in [0.25, 0.3) is 11.0 Å². The van der Waals surface area contributed by atoms with Crippen molar-refractivity contribution in [2.45, 2.75) is 6.18 Å². The van der Waals surface area contributed by atoms with Crippen molar-refractivity contribution < 1.29 is 27.9 Å². The maximum absolute atomic E-state index is 12.5. The lowest BCUT2D eigenvalue weighted by Crippen LogP contribution is -2.14. The molecule has 1 aromatic carbocycles. The fourth-order valence-electron chi connectivity index (χ4n) is 1.55. The van der Waals surface area contributed by atoms with E-state index >= 15 is 0 Å². The lowest BCUT2D eigenvalue weighted by Gasteiger charge is -2.07. The molecule has 1 heterocycles. The molecule has 2 rings (SSSR count). The highest BCUT2D eigenvalue weighted by Gasteiger charge is 2.31. The molecule has 0 radical (unpaired) electrons. The van der Waals surface area contributed by atoms with E-state index in [-0.39, 0.29) is 11.0 Å². The monoisotopic (exact) mass is 260 g/mol. The third kappa shape index (κ3) is 1.85. The van der Waals surface area contributed by atoms with Crippen molar-refractivity contribution in [2.24, 2.45) is 0 Å². The summed E-state index contributed by atoms with van der Waals surface area (Å²) in [5.74, 6) is -1.87. The Morgan fingerprint density at radius 1 is 1.44 bits per heavy atom. The Morgan fingerprint density at radius 2 is 2.11 bits per heavy atom. The molecule has 8 heteroatoms. The predicted octanol–water partition coefficient (Wildman–Crippen LogP) is 1.81. The van der Waals surface area contributed by atoms with Crippen molar-refractivity contribution in [3.8, 4) is 0 Å². The second-order valence-corrected chi connectivity index (χ2v) is 3.42. The number of halogens is 3. The fourth-order valence-corrected chi connectivity index (χ4v) is 1.55. The maximum atomic E-state index is 12.5. The van der Waals surface area contributed by atoms with E-state index in [1.54, 1.807) is 0 Å². The zero-order valence-corrected chi connectivity index (χ0v) is 9.02. The van der Waals surface area contributed by atoms with E-state index in [9.17, 15) is 18.0 Å². The van der Waals surface area contributed by atoms with Gasteiger partial charge >= 0.3 is 12.1 Å². The number of carboxylic acid groups (broad SMARTS) is 1.